The molecule has 0 heterocycles. The van der Waals surface area contributed by atoms with Gasteiger partial charge < -0.3 is 10.4 Å². The van der Waals surface area contributed by atoms with Crippen molar-refractivity contribution in [3.63, 3.8) is 0 Å². The van der Waals surface area contributed by atoms with Crippen molar-refractivity contribution in [3.8, 4) is 5.75 Å². The van der Waals surface area contributed by atoms with Crippen LogP contribution in [0.5, 0.6) is 5.75 Å². The van der Waals surface area contributed by atoms with Gasteiger partial charge in [0.1, 0.15) is 5.75 Å². The summed E-state index contributed by atoms with van der Waals surface area (Å²) in [6.07, 6.45) is 0.863. The summed E-state index contributed by atoms with van der Waals surface area (Å²) in [5.74, 6) is 0.179. The van der Waals surface area contributed by atoms with E-state index in [1.165, 1.54) is 17.7 Å². The molecule has 0 bridgehead atoms. The molecule has 3 nitrogen and oxygen atoms in total. The SMILES string of the molecule is CC(CCNC(=O)c1ccc(O)c(Cl)c1)c1ccccc1. The van der Waals surface area contributed by atoms with Gasteiger partial charge in [-0.25, -0.2) is 0 Å². The van der Waals surface area contributed by atoms with Gasteiger partial charge in [-0.3, -0.25) is 4.79 Å². The summed E-state index contributed by atoms with van der Waals surface area (Å²) < 4.78 is 0. The van der Waals surface area contributed by atoms with E-state index in [0.29, 0.717) is 18.0 Å². The molecule has 0 aromatic heterocycles. The van der Waals surface area contributed by atoms with Crippen molar-refractivity contribution >= 4 is 17.5 Å². The van der Waals surface area contributed by atoms with Crippen molar-refractivity contribution in [2.24, 2.45) is 0 Å². The molecule has 0 aliphatic carbocycles. The fraction of sp³-hybridized carbons (Fsp3) is 0.235. The van der Waals surface area contributed by atoms with Gasteiger partial charge in [0.2, 0.25) is 0 Å². The number of nitrogens with one attached hydrogen (secondary N) is 1. The summed E-state index contributed by atoms with van der Waals surface area (Å²) in [6.45, 7) is 2.73. The molecule has 2 aromatic rings. The summed E-state index contributed by atoms with van der Waals surface area (Å²) in [4.78, 5) is 12.0. The van der Waals surface area contributed by atoms with E-state index in [1.807, 2.05) is 18.2 Å². The van der Waals surface area contributed by atoms with Gasteiger partial charge in [-0.15, -0.1) is 0 Å². The highest BCUT2D eigenvalue weighted by Crippen LogP contribution is 2.23. The molecule has 2 rings (SSSR count). The number of benzene rings is 2. The zero-order chi connectivity index (χ0) is 15.2. The molecule has 1 unspecified atom stereocenters. The van der Waals surface area contributed by atoms with E-state index in [9.17, 15) is 9.90 Å². The van der Waals surface area contributed by atoms with Crippen LogP contribution in [0.25, 0.3) is 0 Å². The topological polar surface area (TPSA) is 49.3 Å². The first-order chi connectivity index (χ1) is 10.1. The number of halogens is 1. The number of hydrogen-bond acceptors (Lipinski definition) is 2. The second-order valence-electron chi connectivity index (χ2n) is 5.02. The molecule has 1 atom stereocenters. The number of carbonyl (C=O) groups excluding carboxylic acids is 1. The van der Waals surface area contributed by atoms with Crippen LogP contribution in [-0.4, -0.2) is 17.6 Å². The summed E-state index contributed by atoms with van der Waals surface area (Å²) in [6, 6.07) is 14.6. The Morgan fingerprint density at radius 2 is 1.95 bits per heavy atom. The smallest absolute Gasteiger partial charge is 0.251 e. The van der Waals surface area contributed by atoms with E-state index in [-0.39, 0.29) is 16.7 Å². The van der Waals surface area contributed by atoms with Crippen LogP contribution in [0, 0.1) is 0 Å². The molecule has 2 N–H and O–H groups in total. The first-order valence-corrected chi connectivity index (χ1v) is 7.27. The molecule has 0 saturated heterocycles. The van der Waals surface area contributed by atoms with Gasteiger partial charge in [0.25, 0.3) is 5.91 Å². The van der Waals surface area contributed by atoms with E-state index in [1.54, 1.807) is 6.07 Å². The first-order valence-electron chi connectivity index (χ1n) is 6.89. The maximum atomic E-state index is 12.0. The minimum absolute atomic E-state index is 0.0223. The maximum absolute atomic E-state index is 12.0. The Balaban J connectivity index is 1.85. The van der Waals surface area contributed by atoms with Gasteiger partial charge in [-0.2, -0.15) is 0 Å². The van der Waals surface area contributed by atoms with Gasteiger partial charge in [0.15, 0.2) is 0 Å². The predicted octanol–water partition coefficient (Wildman–Crippen LogP) is 3.97. The quantitative estimate of drug-likeness (QED) is 0.878. The summed E-state index contributed by atoms with van der Waals surface area (Å²) in [7, 11) is 0. The van der Waals surface area contributed by atoms with E-state index in [2.05, 4.69) is 24.4 Å². The Morgan fingerprint density at radius 1 is 1.24 bits per heavy atom. The van der Waals surface area contributed by atoms with Crippen molar-refractivity contribution in [2.45, 2.75) is 19.3 Å². The average molecular weight is 304 g/mol. The van der Waals surface area contributed by atoms with Crippen LogP contribution in [0.1, 0.15) is 35.2 Å². The second-order valence-corrected chi connectivity index (χ2v) is 5.43. The van der Waals surface area contributed by atoms with E-state index in [4.69, 9.17) is 11.6 Å². The Kier molecular flexibility index (Phi) is 5.23. The van der Waals surface area contributed by atoms with E-state index >= 15 is 0 Å². The lowest BCUT2D eigenvalue weighted by Gasteiger charge is -2.12. The minimum Gasteiger partial charge on any atom is -0.506 e. The lowest BCUT2D eigenvalue weighted by Crippen LogP contribution is -2.25. The minimum atomic E-state index is -0.183. The third kappa shape index (κ3) is 4.23. The van der Waals surface area contributed by atoms with Gasteiger partial charge in [-0.05, 0) is 36.1 Å². The van der Waals surface area contributed by atoms with Crippen LogP contribution in [0.3, 0.4) is 0 Å². The van der Waals surface area contributed by atoms with Crippen LogP contribution in [0.15, 0.2) is 48.5 Å². The number of amides is 1. The summed E-state index contributed by atoms with van der Waals surface area (Å²) >= 11 is 5.79. The van der Waals surface area contributed by atoms with Gasteiger partial charge >= 0.3 is 0 Å². The maximum Gasteiger partial charge on any atom is 0.251 e. The van der Waals surface area contributed by atoms with Crippen molar-refractivity contribution in [2.75, 3.05) is 6.54 Å². The third-order valence-corrected chi connectivity index (χ3v) is 3.74. The van der Waals surface area contributed by atoms with Crippen molar-refractivity contribution in [3.05, 3.63) is 64.7 Å². The predicted molar refractivity (Wildman–Crippen MR) is 84.9 cm³/mol. The Hall–Kier alpha value is -2.00. The third-order valence-electron chi connectivity index (χ3n) is 3.44. The molecule has 21 heavy (non-hydrogen) atoms. The molecule has 0 fully saturated rings. The zero-order valence-electron chi connectivity index (χ0n) is 11.8. The Labute approximate surface area is 129 Å². The lowest BCUT2D eigenvalue weighted by molar-refractivity contribution is 0.0952. The molecule has 4 heteroatoms. The molecule has 1 amide bonds. The van der Waals surface area contributed by atoms with Crippen molar-refractivity contribution < 1.29 is 9.90 Å². The fourth-order valence-corrected chi connectivity index (χ4v) is 2.28. The zero-order valence-corrected chi connectivity index (χ0v) is 12.6. The largest absolute Gasteiger partial charge is 0.506 e. The van der Waals surface area contributed by atoms with Gasteiger partial charge in [0.05, 0.1) is 5.02 Å². The summed E-state index contributed by atoms with van der Waals surface area (Å²) in [5.41, 5.74) is 1.71. The number of phenols is 1. The second kappa shape index (κ2) is 7.14. The number of hydrogen-bond donors (Lipinski definition) is 2. The van der Waals surface area contributed by atoms with E-state index in [0.717, 1.165) is 6.42 Å². The van der Waals surface area contributed by atoms with Crippen molar-refractivity contribution in [1.82, 2.24) is 5.32 Å². The molecule has 0 spiro atoms. The number of aromatic hydroxyl groups is 1. The Morgan fingerprint density at radius 3 is 2.62 bits per heavy atom. The normalized spacial score (nSPS) is 11.9. The molecule has 2 aromatic carbocycles. The molecular weight excluding hydrogens is 286 g/mol. The van der Waals surface area contributed by atoms with E-state index < -0.39 is 0 Å². The average Bonchev–Trinajstić information content (AvgIpc) is 2.50. The fourth-order valence-electron chi connectivity index (χ4n) is 2.10. The highest BCUT2D eigenvalue weighted by Gasteiger charge is 2.09. The van der Waals surface area contributed by atoms with Gasteiger partial charge in [0, 0.05) is 12.1 Å². The number of carbonyl (C=O) groups is 1. The standard InChI is InChI=1S/C17H18ClNO2/c1-12(13-5-3-2-4-6-13)9-10-19-17(21)14-7-8-16(20)15(18)11-14/h2-8,11-12,20H,9-10H2,1H3,(H,19,21). The van der Waals surface area contributed by atoms with Gasteiger partial charge in [-0.1, -0.05) is 48.9 Å². The molecule has 0 aliphatic heterocycles. The van der Waals surface area contributed by atoms with Crippen LogP contribution in [-0.2, 0) is 0 Å². The van der Waals surface area contributed by atoms with Crippen LogP contribution < -0.4 is 5.32 Å². The summed E-state index contributed by atoms with van der Waals surface area (Å²) in [5, 5.41) is 12.4. The van der Waals surface area contributed by atoms with Crippen LogP contribution >= 0.6 is 11.6 Å². The lowest BCUT2D eigenvalue weighted by atomic mass is 9.98. The highest BCUT2D eigenvalue weighted by molar-refractivity contribution is 6.32. The Bertz CT molecular complexity index is 613. The molecule has 0 aliphatic rings. The number of phenolic OH excluding ortho intramolecular Hbond substituents is 1. The molecular formula is C17H18ClNO2. The first kappa shape index (κ1) is 15.4. The number of rotatable bonds is 5. The van der Waals surface area contributed by atoms with Crippen LogP contribution in [0.2, 0.25) is 5.02 Å². The highest BCUT2D eigenvalue weighted by atomic mass is 35.5. The molecule has 110 valence electrons. The van der Waals surface area contributed by atoms with Crippen LogP contribution in [0.4, 0.5) is 0 Å². The van der Waals surface area contributed by atoms with Crippen molar-refractivity contribution in [1.29, 1.82) is 0 Å². The monoisotopic (exact) mass is 303 g/mol. The molecule has 0 radical (unpaired) electrons. The molecule has 0 saturated carbocycles.